The third kappa shape index (κ3) is 3.44. The first-order chi connectivity index (χ1) is 7.08. The molecule has 0 saturated heterocycles. The van der Waals surface area contributed by atoms with Gasteiger partial charge in [0, 0.05) is 9.79 Å². The fourth-order valence-electron chi connectivity index (χ4n) is 1.21. The van der Waals surface area contributed by atoms with Crippen molar-refractivity contribution in [1.82, 2.24) is 0 Å². The molecule has 0 amide bonds. The van der Waals surface area contributed by atoms with Crippen molar-refractivity contribution in [1.29, 1.82) is 0 Å². The van der Waals surface area contributed by atoms with Crippen molar-refractivity contribution in [3.63, 3.8) is 0 Å². The van der Waals surface area contributed by atoms with Crippen LogP contribution in [0.5, 0.6) is 0 Å². The Morgan fingerprint density at radius 3 is 2.00 bits per heavy atom. The van der Waals surface area contributed by atoms with Gasteiger partial charge in [0.2, 0.25) is 0 Å². The summed E-state index contributed by atoms with van der Waals surface area (Å²) < 4.78 is 0. The van der Waals surface area contributed by atoms with Crippen LogP contribution in [0.3, 0.4) is 0 Å². The lowest BCUT2D eigenvalue weighted by Gasteiger charge is -2.09. The fraction of sp³-hybridized carbons (Fsp3) is 0.364. The third-order valence-electron chi connectivity index (χ3n) is 2.02. The molecular weight excluding hydrogens is 248 g/mol. The molecule has 15 heavy (non-hydrogen) atoms. The molecule has 0 N–H and O–H groups in total. The molecule has 0 bridgehead atoms. The van der Waals surface area contributed by atoms with E-state index >= 15 is 0 Å². The highest BCUT2D eigenvalue weighted by molar-refractivity contribution is 7.99. The molecule has 0 aromatic heterocycles. The maximum absolute atomic E-state index is 11.2. The maximum atomic E-state index is 11.2. The minimum atomic E-state index is -0.525. The maximum Gasteiger partial charge on any atom is 0.152 e. The molecule has 1 aromatic rings. The quantitative estimate of drug-likeness (QED) is 0.602. The first kappa shape index (κ1) is 12.9. The van der Waals surface area contributed by atoms with Crippen LogP contribution in [0.2, 0.25) is 0 Å². The van der Waals surface area contributed by atoms with Crippen LogP contribution >= 0.6 is 35.1 Å². The van der Waals surface area contributed by atoms with Crippen molar-refractivity contribution >= 4 is 40.9 Å². The Balaban J connectivity index is 3.11. The van der Waals surface area contributed by atoms with Gasteiger partial charge in [0.1, 0.15) is 5.38 Å². The molecule has 0 aliphatic heterocycles. The predicted molar refractivity (Wildman–Crippen MR) is 69.3 cm³/mol. The first-order valence-electron chi connectivity index (χ1n) is 4.46. The Kier molecular flexibility index (Phi) is 5.03. The van der Waals surface area contributed by atoms with E-state index in [0.717, 1.165) is 15.4 Å². The summed E-state index contributed by atoms with van der Waals surface area (Å²) in [6.07, 6.45) is 4.03. The molecular formula is C11H13ClOS2. The van der Waals surface area contributed by atoms with Gasteiger partial charge in [-0.05, 0) is 43.2 Å². The second kappa shape index (κ2) is 5.83. The van der Waals surface area contributed by atoms with E-state index in [2.05, 4.69) is 6.07 Å². The van der Waals surface area contributed by atoms with Crippen molar-refractivity contribution in [3.05, 3.63) is 23.8 Å². The van der Waals surface area contributed by atoms with E-state index in [1.807, 2.05) is 24.6 Å². The molecule has 0 fully saturated rings. The molecule has 1 aromatic carbocycles. The van der Waals surface area contributed by atoms with Gasteiger partial charge in [0.15, 0.2) is 5.78 Å². The van der Waals surface area contributed by atoms with Gasteiger partial charge in [0.05, 0.1) is 0 Å². The van der Waals surface area contributed by atoms with Gasteiger partial charge < -0.3 is 0 Å². The van der Waals surface area contributed by atoms with E-state index < -0.39 is 5.38 Å². The Labute approximate surface area is 104 Å². The molecule has 0 saturated carbocycles. The molecule has 1 nitrogen and oxygen atoms in total. The number of thioether (sulfide) groups is 2. The molecule has 0 radical (unpaired) electrons. The predicted octanol–water partition coefficient (Wildman–Crippen LogP) is 4.00. The van der Waals surface area contributed by atoms with E-state index in [4.69, 9.17) is 11.6 Å². The highest BCUT2D eigenvalue weighted by atomic mass is 35.5. The molecule has 4 heteroatoms. The summed E-state index contributed by atoms with van der Waals surface area (Å²) in [5, 5.41) is -0.525. The molecule has 1 unspecified atom stereocenters. The summed E-state index contributed by atoms with van der Waals surface area (Å²) in [7, 11) is 0. The zero-order chi connectivity index (χ0) is 11.4. The zero-order valence-corrected chi connectivity index (χ0v) is 11.3. The Hall–Kier alpha value is -0.120. The van der Waals surface area contributed by atoms with E-state index in [-0.39, 0.29) is 5.78 Å². The van der Waals surface area contributed by atoms with Gasteiger partial charge in [-0.25, -0.2) is 0 Å². The van der Waals surface area contributed by atoms with Crippen LogP contribution < -0.4 is 0 Å². The minimum Gasteiger partial charge on any atom is -0.298 e. The van der Waals surface area contributed by atoms with Crippen LogP contribution in [0.15, 0.2) is 28.0 Å². The highest BCUT2D eigenvalue weighted by Crippen LogP contribution is 2.30. The molecule has 1 rings (SSSR count). The summed E-state index contributed by atoms with van der Waals surface area (Å²) in [6, 6.07) is 6.05. The number of Topliss-reactive ketones (excluding diaryl/α,β-unsaturated/α-hetero) is 1. The number of hydrogen-bond donors (Lipinski definition) is 0. The molecule has 0 spiro atoms. The van der Waals surface area contributed by atoms with Crippen LogP contribution in [-0.2, 0) is 4.79 Å². The second-order valence-electron chi connectivity index (χ2n) is 3.12. The van der Waals surface area contributed by atoms with Gasteiger partial charge in [-0.2, -0.15) is 0 Å². The average molecular weight is 261 g/mol. The lowest BCUT2D eigenvalue weighted by atomic mass is 10.1. The first-order valence-corrected chi connectivity index (χ1v) is 7.34. The van der Waals surface area contributed by atoms with Gasteiger partial charge in [-0.1, -0.05) is 0 Å². The van der Waals surface area contributed by atoms with Gasteiger partial charge >= 0.3 is 0 Å². The van der Waals surface area contributed by atoms with Crippen molar-refractivity contribution in [2.45, 2.75) is 22.1 Å². The fourth-order valence-corrected chi connectivity index (χ4v) is 2.41. The highest BCUT2D eigenvalue weighted by Gasteiger charge is 2.14. The monoisotopic (exact) mass is 260 g/mol. The summed E-state index contributed by atoms with van der Waals surface area (Å²) in [4.78, 5) is 13.5. The number of halogens is 1. The Morgan fingerprint density at radius 2 is 1.67 bits per heavy atom. The van der Waals surface area contributed by atoms with Crippen molar-refractivity contribution in [3.8, 4) is 0 Å². The minimum absolute atomic E-state index is 0.0121. The number of alkyl halides is 1. The Bertz CT molecular complexity index is 343. The van der Waals surface area contributed by atoms with Crippen LogP contribution in [0, 0.1) is 0 Å². The number of ketones is 1. The summed E-state index contributed by atoms with van der Waals surface area (Å²) in [6.45, 7) is 1.52. The van der Waals surface area contributed by atoms with E-state index in [0.29, 0.717) is 0 Å². The summed E-state index contributed by atoms with van der Waals surface area (Å²) in [5.74, 6) is -0.0121. The van der Waals surface area contributed by atoms with Crippen LogP contribution in [0.4, 0.5) is 0 Å². The molecule has 82 valence electrons. The number of carbonyl (C=O) groups is 1. The molecule has 0 heterocycles. The largest absolute Gasteiger partial charge is 0.298 e. The third-order valence-corrected chi connectivity index (χ3v) is 4.00. The van der Waals surface area contributed by atoms with Gasteiger partial charge in [0.25, 0.3) is 0 Å². The van der Waals surface area contributed by atoms with Gasteiger partial charge in [-0.3, -0.25) is 4.79 Å². The number of carbonyl (C=O) groups excluding carboxylic acids is 1. The van der Waals surface area contributed by atoms with Crippen molar-refractivity contribution in [2.75, 3.05) is 12.5 Å². The molecule has 1 atom stereocenters. The average Bonchev–Trinajstić information content (AvgIpc) is 2.27. The van der Waals surface area contributed by atoms with E-state index in [1.165, 1.54) is 6.92 Å². The molecule has 0 aliphatic carbocycles. The lowest BCUT2D eigenvalue weighted by Crippen LogP contribution is -2.01. The standard InChI is InChI=1S/C11H13ClOS2/c1-7(13)11(12)8-4-9(14-2)6-10(5-8)15-3/h4-6,11H,1-3H3. The normalized spacial score (nSPS) is 12.5. The second-order valence-corrected chi connectivity index (χ2v) is 5.31. The van der Waals surface area contributed by atoms with Crippen molar-refractivity contribution < 1.29 is 4.79 Å². The van der Waals surface area contributed by atoms with Gasteiger partial charge in [-0.15, -0.1) is 35.1 Å². The van der Waals surface area contributed by atoms with Crippen LogP contribution in [-0.4, -0.2) is 18.3 Å². The van der Waals surface area contributed by atoms with Crippen LogP contribution in [0.25, 0.3) is 0 Å². The van der Waals surface area contributed by atoms with Crippen molar-refractivity contribution in [2.24, 2.45) is 0 Å². The molecule has 0 aliphatic rings. The lowest BCUT2D eigenvalue weighted by molar-refractivity contribution is -0.116. The Morgan fingerprint density at radius 1 is 1.20 bits per heavy atom. The number of hydrogen-bond acceptors (Lipinski definition) is 3. The smallest absolute Gasteiger partial charge is 0.152 e. The topological polar surface area (TPSA) is 17.1 Å². The summed E-state index contributed by atoms with van der Waals surface area (Å²) >= 11 is 9.35. The number of benzene rings is 1. The SMILES string of the molecule is CSc1cc(SC)cc(C(Cl)C(C)=O)c1. The summed E-state index contributed by atoms with van der Waals surface area (Å²) in [5.41, 5.74) is 0.889. The van der Waals surface area contributed by atoms with Crippen LogP contribution in [0.1, 0.15) is 17.9 Å². The van der Waals surface area contributed by atoms with E-state index in [9.17, 15) is 4.79 Å². The number of rotatable bonds is 4. The zero-order valence-electron chi connectivity index (χ0n) is 8.91. The van der Waals surface area contributed by atoms with E-state index in [1.54, 1.807) is 23.5 Å².